The van der Waals surface area contributed by atoms with Crippen LogP contribution in [0.3, 0.4) is 0 Å². The molecule has 1 atom stereocenters. The van der Waals surface area contributed by atoms with E-state index in [1.54, 1.807) is 17.5 Å². The highest BCUT2D eigenvalue weighted by molar-refractivity contribution is 7.17. The highest BCUT2D eigenvalue weighted by Crippen LogP contribution is 2.40. The normalized spacial score (nSPS) is 15.9. The average Bonchev–Trinajstić information content (AvgIpc) is 3.49. The van der Waals surface area contributed by atoms with Gasteiger partial charge >= 0.3 is 6.18 Å². The molecule has 1 aliphatic carbocycles. The van der Waals surface area contributed by atoms with Gasteiger partial charge < -0.3 is 11.1 Å². The van der Waals surface area contributed by atoms with E-state index < -0.39 is 23.7 Å². The number of carbonyl (C=O) groups is 2. The van der Waals surface area contributed by atoms with Gasteiger partial charge in [0.25, 0.3) is 11.8 Å². The summed E-state index contributed by atoms with van der Waals surface area (Å²) in [6.45, 7) is 2.11. The van der Waals surface area contributed by atoms with Crippen molar-refractivity contribution in [1.29, 1.82) is 0 Å². The van der Waals surface area contributed by atoms with Gasteiger partial charge in [0.1, 0.15) is 5.00 Å². The van der Waals surface area contributed by atoms with Crippen LogP contribution < -0.4 is 11.1 Å². The lowest BCUT2D eigenvalue weighted by molar-refractivity contribution is -0.142. The van der Waals surface area contributed by atoms with Gasteiger partial charge in [-0.15, -0.1) is 22.7 Å². The molecule has 1 unspecified atom stereocenters. The van der Waals surface area contributed by atoms with Crippen LogP contribution in [0.5, 0.6) is 0 Å². The summed E-state index contributed by atoms with van der Waals surface area (Å²) < 4.78 is 41.9. The number of rotatable bonds is 4. The zero-order valence-electron chi connectivity index (χ0n) is 17.8. The SMILES string of the molecule is CC1CCc2c(sc(NC(=O)c3cc4nc(-c5cccs5)cc(C(F)(F)F)n4n3)c2C(N)=O)C1. The van der Waals surface area contributed by atoms with Crippen molar-refractivity contribution in [2.45, 2.75) is 32.4 Å². The number of alkyl halides is 3. The quantitative estimate of drug-likeness (QED) is 0.407. The Morgan fingerprint density at radius 2 is 2.09 bits per heavy atom. The summed E-state index contributed by atoms with van der Waals surface area (Å²) >= 11 is 2.53. The van der Waals surface area contributed by atoms with Gasteiger partial charge in [-0.3, -0.25) is 9.59 Å². The number of hydrogen-bond donors (Lipinski definition) is 2. The summed E-state index contributed by atoms with van der Waals surface area (Å²) in [7, 11) is 0. The number of thiophene rings is 2. The second-order valence-corrected chi connectivity index (χ2v) is 10.2. The molecule has 0 saturated carbocycles. The van der Waals surface area contributed by atoms with Gasteiger partial charge in [-0.2, -0.15) is 18.3 Å². The van der Waals surface area contributed by atoms with Gasteiger partial charge in [-0.25, -0.2) is 9.50 Å². The monoisotopic (exact) mass is 505 g/mol. The zero-order valence-corrected chi connectivity index (χ0v) is 19.4. The first-order valence-electron chi connectivity index (χ1n) is 10.4. The van der Waals surface area contributed by atoms with Crippen molar-refractivity contribution in [3.8, 4) is 10.6 Å². The number of anilines is 1. The maximum absolute atomic E-state index is 13.8. The molecule has 0 spiro atoms. The van der Waals surface area contributed by atoms with Gasteiger partial charge in [0, 0.05) is 10.9 Å². The summed E-state index contributed by atoms with van der Waals surface area (Å²) in [5.41, 5.74) is 5.41. The fraction of sp³-hybridized carbons (Fsp3) is 0.273. The lowest BCUT2D eigenvalue weighted by atomic mass is 9.88. The summed E-state index contributed by atoms with van der Waals surface area (Å²) in [5, 5.41) is 8.54. The van der Waals surface area contributed by atoms with Crippen LogP contribution >= 0.6 is 22.7 Å². The summed E-state index contributed by atoms with van der Waals surface area (Å²) in [5.74, 6) is -0.956. The number of nitrogens with one attached hydrogen (secondary N) is 1. The number of nitrogens with two attached hydrogens (primary N) is 1. The molecular weight excluding hydrogens is 487 g/mol. The van der Waals surface area contributed by atoms with Gasteiger partial charge in [0.15, 0.2) is 17.0 Å². The number of hydrogen-bond acceptors (Lipinski definition) is 6. The topological polar surface area (TPSA) is 102 Å². The molecule has 0 aliphatic heterocycles. The molecule has 4 heterocycles. The van der Waals surface area contributed by atoms with E-state index in [1.165, 1.54) is 28.7 Å². The van der Waals surface area contributed by atoms with Crippen LogP contribution in [0.1, 0.15) is 50.3 Å². The van der Waals surface area contributed by atoms with Crippen LogP contribution in [-0.4, -0.2) is 26.4 Å². The van der Waals surface area contributed by atoms with Crippen LogP contribution in [0.2, 0.25) is 0 Å². The Labute approximate surface area is 199 Å². The van der Waals surface area contributed by atoms with E-state index in [0.717, 1.165) is 29.3 Å². The molecule has 0 bridgehead atoms. The third-order valence-corrected chi connectivity index (χ3v) is 7.77. The minimum absolute atomic E-state index is 0.113. The first-order valence-corrected chi connectivity index (χ1v) is 12.1. The maximum atomic E-state index is 13.8. The molecule has 3 N–H and O–H groups in total. The predicted octanol–water partition coefficient (Wildman–Crippen LogP) is 5.01. The number of amides is 2. The predicted molar refractivity (Wildman–Crippen MR) is 123 cm³/mol. The van der Waals surface area contributed by atoms with Crippen molar-refractivity contribution < 1.29 is 22.8 Å². The summed E-state index contributed by atoms with van der Waals surface area (Å²) in [6.07, 6.45) is -2.35. The molecule has 0 fully saturated rings. The highest BCUT2D eigenvalue weighted by atomic mass is 32.1. The van der Waals surface area contributed by atoms with Crippen LogP contribution in [0.25, 0.3) is 16.2 Å². The first-order chi connectivity index (χ1) is 16.1. The largest absolute Gasteiger partial charge is 0.433 e. The second kappa shape index (κ2) is 8.20. The van der Waals surface area contributed by atoms with E-state index in [-0.39, 0.29) is 27.6 Å². The Bertz CT molecular complexity index is 1420. The number of halogens is 3. The lowest BCUT2D eigenvalue weighted by Gasteiger charge is -2.18. The van der Waals surface area contributed by atoms with Gasteiger partial charge in [-0.05, 0) is 48.3 Å². The Kier molecular flexibility index (Phi) is 5.44. The van der Waals surface area contributed by atoms with E-state index in [9.17, 15) is 22.8 Å². The summed E-state index contributed by atoms with van der Waals surface area (Å²) in [6, 6.07) is 5.49. The minimum Gasteiger partial charge on any atom is -0.365 e. The molecular formula is C22H18F3N5O2S2. The Morgan fingerprint density at radius 3 is 2.76 bits per heavy atom. The van der Waals surface area contributed by atoms with Gasteiger partial charge in [0.05, 0.1) is 16.1 Å². The fourth-order valence-corrected chi connectivity index (χ4v) is 6.20. The Balaban J connectivity index is 1.54. The van der Waals surface area contributed by atoms with Crippen LogP contribution in [0.4, 0.5) is 18.2 Å². The van der Waals surface area contributed by atoms with Crippen LogP contribution in [0, 0.1) is 5.92 Å². The lowest BCUT2D eigenvalue weighted by Crippen LogP contribution is -2.19. The number of fused-ring (bicyclic) bond motifs is 2. The molecule has 4 aromatic heterocycles. The highest BCUT2D eigenvalue weighted by Gasteiger charge is 2.36. The molecule has 2 amide bonds. The van der Waals surface area contributed by atoms with Gasteiger partial charge in [0.2, 0.25) is 0 Å². The maximum Gasteiger partial charge on any atom is 0.433 e. The molecule has 0 aromatic carbocycles. The number of primary amides is 1. The zero-order chi connectivity index (χ0) is 24.2. The van der Waals surface area contributed by atoms with E-state index in [1.807, 2.05) is 0 Å². The molecule has 7 nitrogen and oxygen atoms in total. The third kappa shape index (κ3) is 3.96. The van der Waals surface area contributed by atoms with E-state index >= 15 is 0 Å². The molecule has 4 aromatic rings. The van der Waals surface area contributed by atoms with Crippen LogP contribution in [0.15, 0.2) is 29.6 Å². The standard InChI is InChI=1S/C22H18F3N5O2S2/c1-10-4-5-11-15(7-10)34-21(18(11)19(26)31)28-20(32)13-9-17-27-12(14-3-2-6-33-14)8-16(22(23,24)25)30(17)29-13/h2-3,6,8-10H,4-5,7H2,1H3,(H2,26,31)(H,28,32). The molecule has 176 valence electrons. The first kappa shape index (κ1) is 22.5. The van der Waals surface area contributed by atoms with Crippen molar-refractivity contribution in [2.75, 3.05) is 5.32 Å². The molecule has 0 radical (unpaired) electrons. The molecule has 5 rings (SSSR count). The van der Waals surface area contributed by atoms with E-state index in [0.29, 0.717) is 21.7 Å². The average molecular weight is 506 g/mol. The van der Waals surface area contributed by atoms with E-state index in [2.05, 4.69) is 22.3 Å². The van der Waals surface area contributed by atoms with Crippen molar-refractivity contribution in [2.24, 2.45) is 11.7 Å². The molecule has 12 heteroatoms. The van der Waals surface area contributed by atoms with Crippen LogP contribution in [-0.2, 0) is 19.0 Å². The van der Waals surface area contributed by atoms with Crippen molar-refractivity contribution in [1.82, 2.24) is 14.6 Å². The van der Waals surface area contributed by atoms with Crippen molar-refractivity contribution in [3.05, 3.63) is 57.0 Å². The van der Waals surface area contributed by atoms with Crippen molar-refractivity contribution >= 4 is 45.1 Å². The number of carbonyl (C=O) groups excluding carboxylic acids is 2. The number of nitrogens with zero attached hydrogens (tertiary/aromatic N) is 3. The smallest absolute Gasteiger partial charge is 0.365 e. The van der Waals surface area contributed by atoms with E-state index in [4.69, 9.17) is 5.73 Å². The molecule has 0 saturated heterocycles. The Morgan fingerprint density at radius 1 is 1.29 bits per heavy atom. The minimum atomic E-state index is -4.71. The third-order valence-electron chi connectivity index (χ3n) is 5.71. The number of aromatic nitrogens is 3. The summed E-state index contributed by atoms with van der Waals surface area (Å²) in [4.78, 5) is 30.9. The van der Waals surface area contributed by atoms with Gasteiger partial charge in [-0.1, -0.05) is 13.0 Å². The van der Waals surface area contributed by atoms with Crippen molar-refractivity contribution in [3.63, 3.8) is 0 Å². The Hall–Kier alpha value is -3.25. The fourth-order valence-electron chi connectivity index (χ4n) is 4.10. The molecule has 1 aliphatic rings. The second-order valence-electron chi connectivity index (χ2n) is 8.18. The molecule has 34 heavy (non-hydrogen) atoms.